The van der Waals surface area contributed by atoms with E-state index < -0.39 is 0 Å². The van der Waals surface area contributed by atoms with E-state index in [1.54, 1.807) is 7.11 Å². The molecule has 1 N–H and O–H groups in total. The van der Waals surface area contributed by atoms with E-state index in [1.165, 1.54) is 24.6 Å². The highest BCUT2D eigenvalue weighted by Crippen LogP contribution is 2.14. The first-order valence-electron chi connectivity index (χ1n) is 5.36. The summed E-state index contributed by atoms with van der Waals surface area (Å²) >= 11 is 2.07. The fraction of sp³-hybridized carbons (Fsp3) is 1.00. The first kappa shape index (κ1) is 12.3. The van der Waals surface area contributed by atoms with Crippen molar-refractivity contribution in [3.05, 3.63) is 0 Å². The highest BCUT2D eigenvalue weighted by Gasteiger charge is 2.17. The van der Waals surface area contributed by atoms with E-state index in [-0.39, 0.29) is 0 Å². The molecule has 3 nitrogen and oxygen atoms in total. The molecule has 1 aliphatic rings. The Morgan fingerprint density at radius 2 is 2.36 bits per heavy atom. The van der Waals surface area contributed by atoms with Gasteiger partial charge in [-0.2, -0.15) is 11.8 Å². The van der Waals surface area contributed by atoms with Crippen LogP contribution in [0.3, 0.4) is 0 Å². The Morgan fingerprint density at radius 1 is 1.50 bits per heavy atom. The Morgan fingerprint density at radius 3 is 3.07 bits per heavy atom. The standard InChI is InChI=1S/C10H22N2OS/c1-10-9-14-8-6-12(10)5-3-11-4-7-13-2/h10-11H,3-9H2,1-2H3. The minimum Gasteiger partial charge on any atom is -0.383 e. The third-order valence-corrected chi connectivity index (χ3v) is 3.75. The van der Waals surface area contributed by atoms with Crippen molar-refractivity contribution in [1.29, 1.82) is 0 Å². The molecule has 4 heteroatoms. The fourth-order valence-electron chi connectivity index (χ4n) is 1.62. The predicted octanol–water partition coefficient (Wildman–Crippen LogP) is 0.660. The second-order valence-electron chi connectivity index (χ2n) is 3.70. The first-order chi connectivity index (χ1) is 6.84. The zero-order valence-electron chi connectivity index (χ0n) is 9.29. The molecule has 0 radical (unpaired) electrons. The normalized spacial score (nSPS) is 24.0. The van der Waals surface area contributed by atoms with Crippen molar-refractivity contribution in [1.82, 2.24) is 10.2 Å². The third-order valence-electron chi connectivity index (χ3n) is 2.56. The molecule has 14 heavy (non-hydrogen) atoms. The highest BCUT2D eigenvalue weighted by molar-refractivity contribution is 7.99. The number of nitrogens with zero attached hydrogens (tertiary/aromatic N) is 1. The topological polar surface area (TPSA) is 24.5 Å². The second kappa shape index (κ2) is 7.51. The van der Waals surface area contributed by atoms with Crippen molar-refractivity contribution < 1.29 is 4.74 Å². The number of hydrogen-bond donors (Lipinski definition) is 1. The Bertz CT molecular complexity index is 146. The van der Waals surface area contributed by atoms with Crippen LogP contribution in [-0.2, 0) is 4.74 Å². The molecule has 0 saturated carbocycles. The van der Waals surface area contributed by atoms with Crippen LogP contribution in [0.5, 0.6) is 0 Å². The van der Waals surface area contributed by atoms with E-state index in [2.05, 4.69) is 28.9 Å². The van der Waals surface area contributed by atoms with Crippen LogP contribution in [0.25, 0.3) is 0 Å². The molecule has 0 aromatic carbocycles. The second-order valence-corrected chi connectivity index (χ2v) is 4.85. The zero-order valence-corrected chi connectivity index (χ0v) is 10.1. The van der Waals surface area contributed by atoms with Crippen molar-refractivity contribution >= 4 is 11.8 Å². The number of rotatable bonds is 6. The van der Waals surface area contributed by atoms with E-state index in [0.29, 0.717) is 0 Å². The summed E-state index contributed by atoms with van der Waals surface area (Å²) in [6.07, 6.45) is 0. The number of nitrogens with one attached hydrogen (secondary N) is 1. The summed E-state index contributed by atoms with van der Waals surface area (Å²) in [7, 11) is 1.74. The molecule has 1 saturated heterocycles. The highest BCUT2D eigenvalue weighted by atomic mass is 32.2. The van der Waals surface area contributed by atoms with Crippen molar-refractivity contribution in [2.75, 3.05) is 51.4 Å². The lowest BCUT2D eigenvalue weighted by molar-refractivity contribution is 0.193. The number of ether oxygens (including phenoxy) is 1. The quantitative estimate of drug-likeness (QED) is 0.662. The van der Waals surface area contributed by atoms with Crippen LogP contribution in [0, 0.1) is 0 Å². The van der Waals surface area contributed by atoms with Crippen LogP contribution in [-0.4, -0.2) is 62.3 Å². The van der Waals surface area contributed by atoms with Crippen molar-refractivity contribution in [2.45, 2.75) is 13.0 Å². The van der Waals surface area contributed by atoms with Crippen LogP contribution in [0.2, 0.25) is 0 Å². The SMILES string of the molecule is COCCNCCN1CCSCC1C. The van der Waals surface area contributed by atoms with Gasteiger partial charge in [-0.3, -0.25) is 4.90 Å². The van der Waals surface area contributed by atoms with Gasteiger partial charge in [-0.1, -0.05) is 0 Å². The monoisotopic (exact) mass is 218 g/mol. The van der Waals surface area contributed by atoms with E-state index in [4.69, 9.17) is 4.74 Å². The van der Waals surface area contributed by atoms with Gasteiger partial charge in [0.1, 0.15) is 0 Å². The Hall–Kier alpha value is 0.230. The maximum atomic E-state index is 4.98. The van der Waals surface area contributed by atoms with E-state index in [1.807, 2.05) is 0 Å². The maximum absolute atomic E-state index is 4.98. The summed E-state index contributed by atoms with van der Waals surface area (Å²) in [4.78, 5) is 2.57. The average Bonchev–Trinajstić information content (AvgIpc) is 2.20. The summed E-state index contributed by atoms with van der Waals surface area (Å²) in [5.74, 6) is 2.58. The molecule has 1 unspecified atom stereocenters. The molecule has 1 heterocycles. The molecule has 1 rings (SSSR count). The molecule has 0 aromatic heterocycles. The van der Waals surface area contributed by atoms with Gasteiger partial charge >= 0.3 is 0 Å². The maximum Gasteiger partial charge on any atom is 0.0587 e. The predicted molar refractivity (Wildman–Crippen MR) is 63.1 cm³/mol. The lowest BCUT2D eigenvalue weighted by Crippen LogP contribution is -2.44. The average molecular weight is 218 g/mol. The molecule has 1 atom stereocenters. The fourth-order valence-corrected chi connectivity index (χ4v) is 2.70. The zero-order chi connectivity index (χ0) is 10.2. The summed E-state index contributed by atoms with van der Waals surface area (Å²) < 4.78 is 4.98. The van der Waals surface area contributed by atoms with Crippen molar-refractivity contribution in [3.63, 3.8) is 0 Å². The molecule has 0 bridgehead atoms. The van der Waals surface area contributed by atoms with E-state index >= 15 is 0 Å². The van der Waals surface area contributed by atoms with Crippen molar-refractivity contribution in [2.24, 2.45) is 0 Å². The summed E-state index contributed by atoms with van der Waals surface area (Å²) in [5, 5.41) is 3.38. The molecule has 0 aliphatic carbocycles. The largest absolute Gasteiger partial charge is 0.383 e. The number of thioether (sulfide) groups is 1. The van der Waals surface area contributed by atoms with Gasteiger partial charge in [-0.25, -0.2) is 0 Å². The van der Waals surface area contributed by atoms with Crippen LogP contribution in [0.1, 0.15) is 6.92 Å². The smallest absolute Gasteiger partial charge is 0.0587 e. The minimum absolute atomic E-state index is 0.748. The Balaban J connectivity index is 1.99. The Kier molecular flexibility index (Phi) is 6.60. The summed E-state index contributed by atoms with van der Waals surface area (Å²) in [6.45, 7) is 7.60. The van der Waals surface area contributed by atoms with Gasteiger partial charge in [-0.05, 0) is 6.92 Å². The third kappa shape index (κ3) is 4.64. The van der Waals surface area contributed by atoms with Crippen LogP contribution < -0.4 is 5.32 Å². The summed E-state index contributed by atoms with van der Waals surface area (Å²) in [6, 6.07) is 0.748. The Labute approximate surface area is 91.6 Å². The van der Waals surface area contributed by atoms with Gasteiger partial charge in [0.15, 0.2) is 0 Å². The molecule has 0 amide bonds. The van der Waals surface area contributed by atoms with Gasteiger partial charge in [0.05, 0.1) is 6.61 Å². The van der Waals surface area contributed by atoms with Gasteiger partial charge in [0.25, 0.3) is 0 Å². The first-order valence-corrected chi connectivity index (χ1v) is 6.51. The number of methoxy groups -OCH3 is 1. The van der Waals surface area contributed by atoms with E-state index in [9.17, 15) is 0 Å². The van der Waals surface area contributed by atoms with Gasteiger partial charge in [-0.15, -0.1) is 0 Å². The lowest BCUT2D eigenvalue weighted by Gasteiger charge is -2.32. The van der Waals surface area contributed by atoms with E-state index in [0.717, 1.165) is 25.7 Å². The lowest BCUT2D eigenvalue weighted by atomic mass is 10.3. The molecular formula is C10H22N2OS. The van der Waals surface area contributed by atoms with Crippen LogP contribution in [0.15, 0.2) is 0 Å². The molecule has 1 aliphatic heterocycles. The van der Waals surface area contributed by atoms with Crippen LogP contribution in [0.4, 0.5) is 0 Å². The minimum atomic E-state index is 0.748. The molecule has 0 spiro atoms. The molecule has 84 valence electrons. The van der Waals surface area contributed by atoms with Gasteiger partial charge in [0, 0.05) is 50.8 Å². The molecule has 0 aromatic rings. The molecule has 1 fully saturated rings. The van der Waals surface area contributed by atoms with Gasteiger partial charge < -0.3 is 10.1 Å². The van der Waals surface area contributed by atoms with Crippen LogP contribution >= 0.6 is 11.8 Å². The van der Waals surface area contributed by atoms with Gasteiger partial charge in [0.2, 0.25) is 0 Å². The summed E-state index contributed by atoms with van der Waals surface area (Å²) in [5.41, 5.74) is 0. The number of hydrogen-bond acceptors (Lipinski definition) is 4. The molecular weight excluding hydrogens is 196 g/mol. The van der Waals surface area contributed by atoms with Crippen molar-refractivity contribution in [3.8, 4) is 0 Å².